The number of nitrogens with two attached hydrogens (primary N) is 1. The van der Waals surface area contributed by atoms with E-state index in [0.717, 1.165) is 11.5 Å². The molecule has 0 saturated heterocycles. The fourth-order valence-electron chi connectivity index (χ4n) is 4.25. The molecule has 110 valence electrons. The summed E-state index contributed by atoms with van der Waals surface area (Å²) in [6.45, 7) is 7.80. The van der Waals surface area contributed by atoms with Crippen LogP contribution in [0, 0.1) is 16.7 Å². The summed E-state index contributed by atoms with van der Waals surface area (Å²) in [5.41, 5.74) is 8.15. The van der Waals surface area contributed by atoms with E-state index in [1.165, 1.54) is 19.3 Å². The Morgan fingerprint density at radius 2 is 2.10 bits per heavy atom. The minimum atomic E-state index is 0.304. The quantitative estimate of drug-likeness (QED) is 0.823. The summed E-state index contributed by atoms with van der Waals surface area (Å²) in [5, 5.41) is 0.706. The molecule has 0 heterocycles. The number of anilines is 1. The Bertz CT molecular complexity index is 528. The zero-order valence-electron chi connectivity index (χ0n) is 12.6. The molecule has 3 heteroatoms. The minimum Gasteiger partial charge on any atom is -0.399 e. The van der Waals surface area contributed by atoms with Gasteiger partial charge in [-0.3, -0.25) is 0 Å². The predicted molar refractivity (Wildman–Crippen MR) is 83.7 cm³/mol. The van der Waals surface area contributed by atoms with Crippen molar-refractivity contribution in [3.05, 3.63) is 28.8 Å². The van der Waals surface area contributed by atoms with Crippen LogP contribution in [0.15, 0.2) is 18.2 Å². The lowest BCUT2D eigenvalue weighted by Crippen LogP contribution is -2.37. The summed E-state index contributed by atoms with van der Waals surface area (Å²) in [4.78, 5) is 0. The van der Waals surface area contributed by atoms with Gasteiger partial charge in [0, 0.05) is 10.7 Å². The van der Waals surface area contributed by atoms with Crippen LogP contribution < -0.4 is 5.73 Å². The lowest BCUT2D eigenvalue weighted by atomic mass is 9.70. The lowest BCUT2D eigenvalue weighted by molar-refractivity contribution is -0.0550. The summed E-state index contributed by atoms with van der Waals surface area (Å²) in [7, 11) is 0. The summed E-state index contributed by atoms with van der Waals surface area (Å²) >= 11 is 6.22. The number of ether oxygens (including phenoxy) is 1. The molecule has 2 fully saturated rings. The smallest absolute Gasteiger partial charge is 0.0735 e. The van der Waals surface area contributed by atoms with Crippen LogP contribution in [0.5, 0.6) is 0 Å². The zero-order chi connectivity index (χ0) is 14.5. The van der Waals surface area contributed by atoms with E-state index >= 15 is 0 Å². The number of hydrogen-bond acceptors (Lipinski definition) is 2. The van der Waals surface area contributed by atoms with Crippen LogP contribution in [0.1, 0.15) is 45.6 Å². The van der Waals surface area contributed by atoms with Crippen molar-refractivity contribution in [3.8, 4) is 0 Å². The third-order valence-electron chi connectivity index (χ3n) is 6.23. The lowest BCUT2D eigenvalue weighted by Gasteiger charge is -2.39. The van der Waals surface area contributed by atoms with Crippen molar-refractivity contribution in [3.63, 3.8) is 0 Å². The first-order chi connectivity index (χ1) is 9.34. The highest BCUT2D eigenvalue weighted by Gasteiger charge is 2.61. The average Bonchev–Trinajstić information content (AvgIpc) is 2.70. The largest absolute Gasteiger partial charge is 0.399 e. The normalized spacial score (nSPS) is 34.6. The number of benzene rings is 1. The van der Waals surface area contributed by atoms with E-state index in [2.05, 4.69) is 20.8 Å². The molecular formula is C17H24ClNO. The van der Waals surface area contributed by atoms with Gasteiger partial charge in [-0.1, -0.05) is 38.4 Å². The summed E-state index contributed by atoms with van der Waals surface area (Å²) in [5.74, 6) is 0.805. The monoisotopic (exact) mass is 293 g/mol. The van der Waals surface area contributed by atoms with E-state index in [9.17, 15) is 0 Å². The number of halogens is 1. The third kappa shape index (κ3) is 1.96. The molecule has 1 aromatic carbocycles. The van der Waals surface area contributed by atoms with Crippen molar-refractivity contribution in [1.82, 2.24) is 0 Å². The molecular weight excluding hydrogens is 270 g/mol. The van der Waals surface area contributed by atoms with Gasteiger partial charge >= 0.3 is 0 Å². The van der Waals surface area contributed by atoms with Crippen LogP contribution in [-0.2, 0) is 11.3 Å². The van der Waals surface area contributed by atoms with E-state index in [-0.39, 0.29) is 0 Å². The van der Waals surface area contributed by atoms with Crippen LogP contribution in [0.25, 0.3) is 0 Å². The zero-order valence-corrected chi connectivity index (χ0v) is 13.3. The Labute approximate surface area is 126 Å². The molecule has 2 saturated carbocycles. The Balaban J connectivity index is 1.71. The van der Waals surface area contributed by atoms with Gasteiger partial charge in [-0.2, -0.15) is 0 Å². The van der Waals surface area contributed by atoms with E-state index < -0.39 is 0 Å². The standard InChI is InChI=1S/C17H24ClNO/c1-16(2)12-6-7-17(16,3)15(8-12)20-10-11-4-5-13(19)9-14(11)18/h4-5,9,12,15H,6-8,10,19H2,1-3H3. The van der Waals surface area contributed by atoms with Crippen molar-refractivity contribution < 1.29 is 4.74 Å². The SMILES string of the molecule is CC1(C)C2CCC1(C)C(OCc1ccc(N)cc1Cl)C2. The molecule has 1 aromatic rings. The number of nitrogen functional groups attached to an aromatic ring is 1. The molecule has 2 aliphatic rings. The Hall–Kier alpha value is -0.730. The van der Waals surface area contributed by atoms with Gasteiger partial charge in [0.25, 0.3) is 0 Å². The van der Waals surface area contributed by atoms with Crippen LogP contribution in [0.2, 0.25) is 5.02 Å². The van der Waals surface area contributed by atoms with Crippen molar-refractivity contribution in [2.45, 2.75) is 52.7 Å². The van der Waals surface area contributed by atoms with E-state index in [1.54, 1.807) is 6.07 Å². The van der Waals surface area contributed by atoms with Crippen molar-refractivity contribution in [2.24, 2.45) is 16.7 Å². The maximum atomic E-state index is 6.26. The minimum absolute atomic E-state index is 0.304. The van der Waals surface area contributed by atoms with Gasteiger partial charge in [0.05, 0.1) is 12.7 Å². The van der Waals surface area contributed by atoms with Crippen molar-refractivity contribution >= 4 is 17.3 Å². The van der Waals surface area contributed by atoms with E-state index in [0.29, 0.717) is 34.3 Å². The molecule has 0 aromatic heterocycles. The molecule has 20 heavy (non-hydrogen) atoms. The van der Waals surface area contributed by atoms with Crippen molar-refractivity contribution in [2.75, 3.05) is 5.73 Å². The van der Waals surface area contributed by atoms with Crippen molar-refractivity contribution in [1.29, 1.82) is 0 Å². The summed E-state index contributed by atoms with van der Waals surface area (Å²) in [6.07, 6.45) is 4.18. The molecule has 2 N–H and O–H groups in total. The second-order valence-corrected chi connectivity index (χ2v) is 7.67. The maximum absolute atomic E-state index is 6.26. The third-order valence-corrected chi connectivity index (χ3v) is 6.58. The van der Waals surface area contributed by atoms with E-state index in [4.69, 9.17) is 22.1 Å². The van der Waals surface area contributed by atoms with Gasteiger partial charge in [0.2, 0.25) is 0 Å². The van der Waals surface area contributed by atoms with Crippen LogP contribution in [0.3, 0.4) is 0 Å². The summed E-state index contributed by atoms with van der Waals surface area (Å²) in [6, 6.07) is 5.65. The van der Waals surface area contributed by atoms with Gasteiger partial charge in [-0.05, 0) is 53.7 Å². The molecule has 2 bridgehead atoms. The maximum Gasteiger partial charge on any atom is 0.0735 e. The molecule has 3 unspecified atom stereocenters. The molecule has 0 aliphatic heterocycles. The fourth-order valence-corrected chi connectivity index (χ4v) is 4.50. The molecule has 0 spiro atoms. The molecule has 0 amide bonds. The molecule has 0 radical (unpaired) electrons. The van der Waals surface area contributed by atoms with E-state index in [1.807, 2.05) is 12.1 Å². The fraction of sp³-hybridized carbons (Fsp3) is 0.647. The number of hydrogen-bond donors (Lipinski definition) is 1. The van der Waals surface area contributed by atoms with Gasteiger partial charge < -0.3 is 10.5 Å². The topological polar surface area (TPSA) is 35.2 Å². The first-order valence-corrected chi connectivity index (χ1v) is 7.88. The first-order valence-electron chi connectivity index (χ1n) is 7.50. The highest BCUT2D eigenvalue weighted by Crippen LogP contribution is 2.66. The predicted octanol–water partition coefficient (Wildman–Crippen LogP) is 4.65. The Kier molecular flexibility index (Phi) is 3.30. The van der Waals surface area contributed by atoms with Crippen LogP contribution in [0.4, 0.5) is 5.69 Å². The molecule has 3 rings (SSSR count). The highest BCUT2D eigenvalue weighted by atomic mass is 35.5. The molecule has 2 aliphatic carbocycles. The van der Waals surface area contributed by atoms with Gasteiger partial charge in [0.15, 0.2) is 0 Å². The Morgan fingerprint density at radius 3 is 2.65 bits per heavy atom. The molecule has 3 atom stereocenters. The van der Waals surface area contributed by atoms with Gasteiger partial charge in [0.1, 0.15) is 0 Å². The second-order valence-electron chi connectivity index (χ2n) is 7.26. The number of rotatable bonds is 3. The Morgan fingerprint density at radius 1 is 1.35 bits per heavy atom. The number of fused-ring (bicyclic) bond motifs is 2. The second kappa shape index (κ2) is 4.64. The van der Waals surface area contributed by atoms with Gasteiger partial charge in [-0.25, -0.2) is 0 Å². The molecule has 2 nitrogen and oxygen atoms in total. The van der Waals surface area contributed by atoms with Crippen LogP contribution >= 0.6 is 11.6 Å². The van der Waals surface area contributed by atoms with Gasteiger partial charge in [-0.15, -0.1) is 0 Å². The summed E-state index contributed by atoms with van der Waals surface area (Å²) < 4.78 is 6.26. The highest BCUT2D eigenvalue weighted by molar-refractivity contribution is 6.31. The first kappa shape index (κ1) is 14.2. The van der Waals surface area contributed by atoms with Crippen LogP contribution in [-0.4, -0.2) is 6.10 Å². The average molecular weight is 294 g/mol.